The minimum atomic E-state index is 0.0994. The van der Waals surface area contributed by atoms with E-state index in [4.69, 9.17) is 9.47 Å². The molecule has 1 aromatic heterocycles. The number of carbonyl (C=O) groups is 1. The van der Waals surface area contributed by atoms with Crippen molar-refractivity contribution < 1.29 is 14.3 Å². The van der Waals surface area contributed by atoms with Crippen LogP contribution >= 0.6 is 11.8 Å². The topological polar surface area (TPSA) is 82.4 Å². The van der Waals surface area contributed by atoms with Gasteiger partial charge in [0, 0.05) is 12.6 Å². The number of amides is 1. The molecule has 0 aliphatic heterocycles. The van der Waals surface area contributed by atoms with Crippen LogP contribution in [0.5, 0.6) is 11.5 Å². The highest BCUT2D eigenvalue weighted by molar-refractivity contribution is 7.99. The van der Waals surface area contributed by atoms with E-state index in [9.17, 15) is 4.79 Å². The van der Waals surface area contributed by atoms with Gasteiger partial charge >= 0.3 is 0 Å². The van der Waals surface area contributed by atoms with Crippen LogP contribution in [0, 0.1) is 0 Å². The van der Waals surface area contributed by atoms with Crippen molar-refractivity contribution in [3.8, 4) is 11.5 Å². The lowest BCUT2D eigenvalue weighted by Gasteiger charge is -2.22. The third-order valence-electron chi connectivity index (χ3n) is 5.14. The molecule has 2 aromatic carbocycles. The maximum atomic E-state index is 13.0. The van der Waals surface area contributed by atoms with Gasteiger partial charge in [-0.1, -0.05) is 36.0 Å². The first kappa shape index (κ1) is 21.2. The molecular formula is C22H25N5O3S. The summed E-state index contributed by atoms with van der Waals surface area (Å²) in [7, 11) is 3.29. The monoisotopic (exact) mass is 439 g/mol. The third-order valence-corrected chi connectivity index (χ3v) is 6.08. The standard InChI is InChI=1S/C22H25N5O3S/c1-29-19-9-3-16(4-10-19)13-26(18-7-8-18)21(28)15-31-22-23-24-25-27(22)14-17-5-11-20(30-2)12-6-17/h3-6,9-12,18H,7-8,13-15H2,1-2H3. The second-order valence-corrected chi connectivity index (χ2v) is 8.30. The number of hydrogen-bond acceptors (Lipinski definition) is 7. The Hall–Kier alpha value is -3.07. The van der Waals surface area contributed by atoms with Gasteiger partial charge in [0.2, 0.25) is 11.1 Å². The number of nitrogens with zero attached hydrogens (tertiary/aromatic N) is 5. The Kier molecular flexibility index (Phi) is 6.71. The van der Waals surface area contributed by atoms with E-state index in [1.165, 1.54) is 11.8 Å². The predicted octanol–water partition coefficient (Wildman–Crippen LogP) is 3.02. The summed E-state index contributed by atoms with van der Waals surface area (Å²) in [4.78, 5) is 14.9. The van der Waals surface area contributed by atoms with E-state index in [1.807, 2.05) is 53.4 Å². The lowest BCUT2D eigenvalue weighted by molar-refractivity contribution is -0.129. The van der Waals surface area contributed by atoms with Crippen LogP contribution in [0.4, 0.5) is 0 Å². The largest absolute Gasteiger partial charge is 0.497 e. The van der Waals surface area contributed by atoms with E-state index in [0.717, 1.165) is 35.5 Å². The molecule has 3 aromatic rings. The zero-order chi connectivity index (χ0) is 21.6. The molecule has 1 amide bonds. The molecule has 1 aliphatic carbocycles. The predicted molar refractivity (Wildman–Crippen MR) is 117 cm³/mol. The van der Waals surface area contributed by atoms with Crippen molar-refractivity contribution in [2.45, 2.75) is 37.1 Å². The summed E-state index contributed by atoms with van der Waals surface area (Å²) < 4.78 is 12.1. The number of rotatable bonds is 10. The highest BCUT2D eigenvalue weighted by Crippen LogP contribution is 2.30. The van der Waals surface area contributed by atoms with Crippen LogP contribution in [-0.4, -0.2) is 57.0 Å². The summed E-state index contributed by atoms with van der Waals surface area (Å²) in [5.41, 5.74) is 2.15. The molecule has 0 bridgehead atoms. The van der Waals surface area contributed by atoms with Crippen LogP contribution < -0.4 is 9.47 Å². The molecule has 1 heterocycles. The third kappa shape index (κ3) is 5.55. The van der Waals surface area contributed by atoms with Gasteiger partial charge in [0.1, 0.15) is 11.5 Å². The molecule has 1 saturated carbocycles. The summed E-state index contributed by atoms with van der Waals surface area (Å²) >= 11 is 1.37. The average Bonchev–Trinajstić information content (AvgIpc) is 3.56. The molecule has 0 radical (unpaired) electrons. The van der Waals surface area contributed by atoms with Crippen molar-refractivity contribution in [1.29, 1.82) is 0 Å². The molecule has 8 nitrogen and oxygen atoms in total. The smallest absolute Gasteiger partial charge is 0.233 e. The molecule has 0 spiro atoms. The minimum absolute atomic E-state index is 0.0994. The van der Waals surface area contributed by atoms with Crippen LogP contribution in [0.15, 0.2) is 53.7 Å². The molecule has 1 fully saturated rings. The number of aromatic nitrogens is 4. The average molecular weight is 440 g/mol. The molecular weight excluding hydrogens is 414 g/mol. The lowest BCUT2D eigenvalue weighted by Crippen LogP contribution is -2.34. The second kappa shape index (κ2) is 9.82. The van der Waals surface area contributed by atoms with E-state index >= 15 is 0 Å². The van der Waals surface area contributed by atoms with Gasteiger partial charge in [-0.05, 0) is 58.7 Å². The Balaban J connectivity index is 1.36. The van der Waals surface area contributed by atoms with E-state index in [1.54, 1.807) is 18.9 Å². The fourth-order valence-corrected chi connectivity index (χ4v) is 4.01. The normalized spacial score (nSPS) is 13.1. The van der Waals surface area contributed by atoms with Crippen molar-refractivity contribution in [2.75, 3.05) is 20.0 Å². The second-order valence-electron chi connectivity index (χ2n) is 7.36. The maximum absolute atomic E-state index is 13.0. The van der Waals surface area contributed by atoms with Gasteiger partial charge in [0.15, 0.2) is 0 Å². The summed E-state index contributed by atoms with van der Waals surface area (Å²) in [5, 5.41) is 12.6. The van der Waals surface area contributed by atoms with Gasteiger partial charge in [-0.3, -0.25) is 4.79 Å². The van der Waals surface area contributed by atoms with Crippen LogP contribution in [0.1, 0.15) is 24.0 Å². The number of thioether (sulfide) groups is 1. The Labute approximate surface area is 185 Å². The first-order chi connectivity index (χ1) is 15.2. The Morgan fingerprint density at radius 1 is 1.03 bits per heavy atom. The van der Waals surface area contributed by atoms with E-state index < -0.39 is 0 Å². The fourth-order valence-electron chi connectivity index (χ4n) is 3.25. The molecule has 162 valence electrons. The Bertz CT molecular complexity index is 1000. The number of carbonyl (C=O) groups excluding carboxylic acids is 1. The SMILES string of the molecule is COc1ccc(CN(C(=O)CSc2nnnn2Cc2ccc(OC)cc2)C2CC2)cc1. The number of tetrazole rings is 1. The first-order valence-electron chi connectivity index (χ1n) is 10.1. The first-order valence-corrected chi connectivity index (χ1v) is 11.1. The van der Waals surface area contributed by atoms with Crippen LogP contribution in [0.3, 0.4) is 0 Å². The van der Waals surface area contributed by atoms with E-state index in [-0.39, 0.29) is 5.91 Å². The minimum Gasteiger partial charge on any atom is -0.497 e. The Morgan fingerprint density at radius 2 is 1.65 bits per heavy atom. The van der Waals surface area contributed by atoms with Gasteiger partial charge in [-0.2, -0.15) is 0 Å². The summed E-state index contributed by atoms with van der Waals surface area (Å²) in [6, 6.07) is 15.9. The quantitative estimate of drug-likeness (QED) is 0.449. The number of benzene rings is 2. The van der Waals surface area contributed by atoms with Crippen LogP contribution in [0.25, 0.3) is 0 Å². The summed E-state index contributed by atoms with van der Waals surface area (Å²) in [6.07, 6.45) is 2.11. The zero-order valence-corrected chi connectivity index (χ0v) is 18.4. The van der Waals surface area contributed by atoms with Crippen molar-refractivity contribution >= 4 is 17.7 Å². The molecule has 0 saturated heterocycles. The number of hydrogen-bond donors (Lipinski definition) is 0. The molecule has 31 heavy (non-hydrogen) atoms. The van der Waals surface area contributed by atoms with Crippen LogP contribution in [-0.2, 0) is 17.9 Å². The van der Waals surface area contributed by atoms with Gasteiger partial charge in [-0.15, -0.1) is 5.10 Å². The molecule has 4 rings (SSSR count). The van der Waals surface area contributed by atoms with Crippen molar-refractivity contribution in [3.05, 3.63) is 59.7 Å². The zero-order valence-electron chi connectivity index (χ0n) is 17.6. The molecule has 0 atom stereocenters. The van der Waals surface area contributed by atoms with Gasteiger partial charge in [-0.25, -0.2) is 4.68 Å². The molecule has 0 N–H and O–H groups in total. The molecule has 1 aliphatic rings. The lowest BCUT2D eigenvalue weighted by atomic mass is 10.2. The van der Waals surface area contributed by atoms with Gasteiger partial charge in [0.25, 0.3) is 0 Å². The van der Waals surface area contributed by atoms with E-state index in [0.29, 0.717) is 30.0 Å². The summed E-state index contributed by atoms with van der Waals surface area (Å²) in [5.74, 6) is 2.02. The highest BCUT2D eigenvalue weighted by atomic mass is 32.2. The Morgan fingerprint density at radius 3 is 2.23 bits per heavy atom. The molecule has 0 unspecified atom stereocenters. The van der Waals surface area contributed by atoms with E-state index in [2.05, 4.69) is 15.5 Å². The fraction of sp³-hybridized carbons (Fsp3) is 0.364. The summed E-state index contributed by atoms with van der Waals surface area (Å²) in [6.45, 7) is 1.14. The van der Waals surface area contributed by atoms with Gasteiger partial charge < -0.3 is 14.4 Å². The van der Waals surface area contributed by atoms with Crippen molar-refractivity contribution in [2.24, 2.45) is 0 Å². The van der Waals surface area contributed by atoms with Crippen LogP contribution in [0.2, 0.25) is 0 Å². The highest BCUT2D eigenvalue weighted by Gasteiger charge is 2.32. The van der Waals surface area contributed by atoms with Gasteiger partial charge in [0.05, 0.1) is 26.5 Å². The number of ether oxygens (including phenoxy) is 2. The van der Waals surface area contributed by atoms with Crippen molar-refractivity contribution in [1.82, 2.24) is 25.1 Å². The van der Waals surface area contributed by atoms with Crippen molar-refractivity contribution in [3.63, 3.8) is 0 Å². The molecule has 9 heteroatoms. The number of methoxy groups -OCH3 is 2. The maximum Gasteiger partial charge on any atom is 0.233 e.